The lowest BCUT2D eigenvalue weighted by Gasteiger charge is -2.22. The molecule has 0 aliphatic heterocycles. The van der Waals surface area contributed by atoms with E-state index in [1.807, 2.05) is 0 Å². The molecule has 0 aromatic carbocycles. The molecular formula is C84H159NO5. The minimum atomic E-state index is -0.665. The number of ether oxygens (including phenoxy) is 1. The number of aliphatic hydroxyl groups is 2. The largest absolute Gasteiger partial charge is 0.466 e. The van der Waals surface area contributed by atoms with Gasteiger partial charge in [-0.3, -0.25) is 9.59 Å². The number of hydrogen-bond acceptors (Lipinski definition) is 5. The van der Waals surface area contributed by atoms with Crippen LogP contribution in [0.4, 0.5) is 0 Å². The molecule has 0 aliphatic carbocycles. The summed E-state index contributed by atoms with van der Waals surface area (Å²) in [5.41, 5.74) is 0. The third-order valence-corrected chi connectivity index (χ3v) is 19.1. The standard InChI is InChI=1S/C84H159NO5/c1-3-5-7-9-11-13-15-17-19-20-21-22-23-37-40-43-46-49-52-56-60-64-68-72-76-82(87)81(80-86)85-83(88)77-73-69-65-61-57-53-50-47-44-41-38-35-33-31-29-27-25-24-26-28-30-32-34-36-39-42-45-48-51-55-59-63-67-71-75-79-90-84(89)78-74-70-66-62-58-54-18-16-14-12-10-8-6-4-2/h10,12,16,18,26,28,32,34,81-82,86-87H,3-9,11,13-15,17,19-25,27,29-31,33,35-80H2,1-2H3,(H,85,88)/b12-10-,18-16-,28-26-,34-32-. The van der Waals surface area contributed by atoms with Crippen molar-refractivity contribution < 1.29 is 24.5 Å². The predicted octanol–water partition coefficient (Wildman–Crippen LogP) is 27.2. The fourth-order valence-corrected chi connectivity index (χ4v) is 12.9. The maximum Gasteiger partial charge on any atom is 0.305 e. The summed E-state index contributed by atoms with van der Waals surface area (Å²) in [6.07, 6.45) is 105. The Hall–Kier alpha value is -2.18. The van der Waals surface area contributed by atoms with Crippen molar-refractivity contribution in [3.05, 3.63) is 48.6 Å². The van der Waals surface area contributed by atoms with Crippen LogP contribution < -0.4 is 5.32 Å². The molecule has 0 bridgehead atoms. The second-order valence-electron chi connectivity index (χ2n) is 28.1. The third-order valence-electron chi connectivity index (χ3n) is 19.1. The van der Waals surface area contributed by atoms with Gasteiger partial charge in [-0.25, -0.2) is 0 Å². The fraction of sp³-hybridized carbons (Fsp3) is 0.881. The van der Waals surface area contributed by atoms with E-state index in [4.69, 9.17) is 4.74 Å². The van der Waals surface area contributed by atoms with E-state index in [9.17, 15) is 19.8 Å². The first-order chi connectivity index (χ1) is 44.5. The molecule has 1 amide bonds. The summed E-state index contributed by atoms with van der Waals surface area (Å²) in [6.45, 7) is 4.95. The van der Waals surface area contributed by atoms with Crippen LogP contribution in [0.25, 0.3) is 0 Å². The molecule has 0 heterocycles. The highest BCUT2D eigenvalue weighted by atomic mass is 16.5. The van der Waals surface area contributed by atoms with Crippen molar-refractivity contribution in [3.63, 3.8) is 0 Å². The SMILES string of the molecule is CCCC/C=C\C/C=C\CCCCCCCC(=O)OCCCCCCCCCCCCC/C=C\C/C=C\CCCCCCCCCCCCCCCCCCCC(=O)NC(CO)C(O)CCCCCCCCCCCCCCCCCCCCCCCCCC. The van der Waals surface area contributed by atoms with Gasteiger partial charge in [0.05, 0.1) is 25.4 Å². The van der Waals surface area contributed by atoms with Crippen LogP contribution >= 0.6 is 0 Å². The van der Waals surface area contributed by atoms with E-state index in [2.05, 4.69) is 67.8 Å². The summed E-state index contributed by atoms with van der Waals surface area (Å²) in [4.78, 5) is 24.6. The van der Waals surface area contributed by atoms with Crippen LogP contribution in [0, 0.1) is 0 Å². The summed E-state index contributed by atoms with van der Waals surface area (Å²) in [5.74, 6) is -0.0248. The van der Waals surface area contributed by atoms with E-state index in [1.165, 1.54) is 360 Å². The molecule has 0 aliphatic rings. The number of allylic oxidation sites excluding steroid dienone is 8. The number of carbonyl (C=O) groups excluding carboxylic acids is 2. The summed E-state index contributed by atoms with van der Waals surface area (Å²) < 4.78 is 5.48. The molecule has 6 nitrogen and oxygen atoms in total. The van der Waals surface area contributed by atoms with E-state index in [0.717, 1.165) is 57.8 Å². The average molecular weight is 1260 g/mol. The number of carbonyl (C=O) groups is 2. The molecule has 0 radical (unpaired) electrons. The number of aliphatic hydroxyl groups excluding tert-OH is 2. The first kappa shape index (κ1) is 87.8. The quantitative estimate of drug-likeness (QED) is 0.0320. The second-order valence-corrected chi connectivity index (χ2v) is 28.1. The van der Waals surface area contributed by atoms with Crippen LogP contribution in [0.1, 0.15) is 450 Å². The Bertz CT molecular complexity index is 1500. The molecule has 0 aromatic rings. The predicted molar refractivity (Wildman–Crippen MR) is 398 cm³/mol. The van der Waals surface area contributed by atoms with E-state index in [1.54, 1.807) is 0 Å². The summed E-state index contributed by atoms with van der Waals surface area (Å²) in [5, 5.41) is 23.5. The second kappa shape index (κ2) is 79.3. The Kier molecular flexibility index (Phi) is 77.3. The number of amides is 1. The lowest BCUT2D eigenvalue weighted by atomic mass is 10.0. The van der Waals surface area contributed by atoms with Gasteiger partial charge in [-0.2, -0.15) is 0 Å². The molecule has 0 saturated heterocycles. The van der Waals surface area contributed by atoms with Crippen molar-refractivity contribution in [2.45, 2.75) is 463 Å². The number of unbranched alkanes of at least 4 members (excludes halogenated alkanes) is 58. The number of hydrogen-bond donors (Lipinski definition) is 3. The van der Waals surface area contributed by atoms with Crippen LogP contribution in [0.3, 0.4) is 0 Å². The first-order valence-electron chi connectivity index (χ1n) is 40.9. The van der Waals surface area contributed by atoms with Crippen molar-refractivity contribution >= 4 is 11.9 Å². The zero-order valence-electron chi connectivity index (χ0n) is 60.9. The normalized spacial score (nSPS) is 12.7. The molecule has 0 fully saturated rings. The molecule has 0 rings (SSSR count). The monoisotopic (exact) mass is 1260 g/mol. The van der Waals surface area contributed by atoms with Crippen molar-refractivity contribution in [1.82, 2.24) is 5.32 Å². The van der Waals surface area contributed by atoms with E-state index in [-0.39, 0.29) is 18.5 Å². The van der Waals surface area contributed by atoms with Gasteiger partial charge in [-0.15, -0.1) is 0 Å². The van der Waals surface area contributed by atoms with E-state index >= 15 is 0 Å². The Labute approximate surface area is 563 Å². The van der Waals surface area contributed by atoms with Crippen molar-refractivity contribution in [2.75, 3.05) is 13.2 Å². The molecule has 0 spiro atoms. The van der Waals surface area contributed by atoms with Gasteiger partial charge in [0.1, 0.15) is 0 Å². The van der Waals surface area contributed by atoms with Gasteiger partial charge in [-0.1, -0.05) is 403 Å². The van der Waals surface area contributed by atoms with Crippen LogP contribution in [0.15, 0.2) is 48.6 Å². The van der Waals surface area contributed by atoms with Gasteiger partial charge in [0, 0.05) is 12.8 Å². The summed E-state index contributed by atoms with van der Waals surface area (Å²) in [7, 11) is 0. The zero-order valence-corrected chi connectivity index (χ0v) is 60.9. The van der Waals surface area contributed by atoms with Gasteiger partial charge in [0.15, 0.2) is 0 Å². The van der Waals surface area contributed by atoms with E-state index < -0.39 is 12.1 Å². The Morgan fingerprint density at radius 2 is 0.567 bits per heavy atom. The maximum absolute atomic E-state index is 12.6. The lowest BCUT2D eigenvalue weighted by molar-refractivity contribution is -0.143. The minimum absolute atomic E-state index is 0.00256. The highest BCUT2D eigenvalue weighted by Crippen LogP contribution is 2.20. The highest BCUT2D eigenvalue weighted by molar-refractivity contribution is 5.76. The molecule has 2 unspecified atom stereocenters. The first-order valence-corrected chi connectivity index (χ1v) is 40.9. The zero-order chi connectivity index (χ0) is 64.9. The van der Waals surface area contributed by atoms with Crippen LogP contribution in [-0.2, 0) is 14.3 Å². The highest BCUT2D eigenvalue weighted by Gasteiger charge is 2.20. The fourth-order valence-electron chi connectivity index (χ4n) is 12.9. The molecule has 530 valence electrons. The van der Waals surface area contributed by atoms with Gasteiger partial charge in [0.25, 0.3) is 0 Å². The smallest absolute Gasteiger partial charge is 0.305 e. The third kappa shape index (κ3) is 74.9. The summed E-state index contributed by atoms with van der Waals surface area (Å²) in [6, 6.07) is -0.542. The number of rotatable bonds is 77. The van der Waals surface area contributed by atoms with Gasteiger partial charge < -0.3 is 20.3 Å². The molecule has 0 saturated carbocycles. The van der Waals surface area contributed by atoms with Crippen LogP contribution in [0.5, 0.6) is 0 Å². The van der Waals surface area contributed by atoms with Crippen molar-refractivity contribution in [3.8, 4) is 0 Å². The van der Waals surface area contributed by atoms with Crippen LogP contribution in [0.2, 0.25) is 0 Å². The van der Waals surface area contributed by atoms with Crippen molar-refractivity contribution in [2.24, 2.45) is 0 Å². The van der Waals surface area contributed by atoms with E-state index in [0.29, 0.717) is 25.9 Å². The maximum atomic E-state index is 12.6. The van der Waals surface area contributed by atoms with Crippen LogP contribution in [-0.4, -0.2) is 47.4 Å². The Balaban J connectivity index is 3.38. The molecular weight excluding hydrogens is 1100 g/mol. The minimum Gasteiger partial charge on any atom is -0.466 e. The Morgan fingerprint density at radius 1 is 0.311 bits per heavy atom. The van der Waals surface area contributed by atoms with Gasteiger partial charge >= 0.3 is 5.97 Å². The number of nitrogens with one attached hydrogen (secondary N) is 1. The Morgan fingerprint density at radius 3 is 0.878 bits per heavy atom. The van der Waals surface area contributed by atoms with Gasteiger partial charge in [0.2, 0.25) is 5.91 Å². The average Bonchev–Trinajstić information content (AvgIpc) is 3.60. The lowest BCUT2D eigenvalue weighted by Crippen LogP contribution is -2.45. The summed E-state index contributed by atoms with van der Waals surface area (Å²) >= 11 is 0. The molecule has 0 aromatic heterocycles. The number of esters is 1. The molecule has 6 heteroatoms. The van der Waals surface area contributed by atoms with Gasteiger partial charge in [-0.05, 0) is 83.5 Å². The molecule has 3 N–H and O–H groups in total. The molecule has 2 atom stereocenters. The topological polar surface area (TPSA) is 95.9 Å². The van der Waals surface area contributed by atoms with Crippen molar-refractivity contribution in [1.29, 1.82) is 0 Å². The molecule has 90 heavy (non-hydrogen) atoms.